The molecule has 1 amide bonds. The molecular formula is C19H22N4O2S. The molecule has 0 radical (unpaired) electrons. The molecule has 1 atom stereocenters. The fourth-order valence-corrected chi connectivity index (χ4v) is 4.32. The molecule has 4 heterocycles. The van der Waals surface area contributed by atoms with Gasteiger partial charge in [-0.05, 0) is 42.1 Å². The van der Waals surface area contributed by atoms with Crippen molar-refractivity contribution in [3.05, 3.63) is 64.0 Å². The van der Waals surface area contributed by atoms with Crippen molar-refractivity contribution in [2.24, 2.45) is 5.92 Å². The van der Waals surface area contributed by atoms with E-state index in [1.165, 1.54) is 22.4 Å². The Balaban J connectivity index is 1.45. The van der Waals surface area contributed by atoms with Crippen molar-refractivity contribution in [3.63, 3.8) is 0 Å². The first-order chi connectivity index (χ1) is 12.7. The van der Waals surface area contributed by atoms with Gasteiger partial charge in [0, 0.05) is 49.7 Å². The van der Waals surface area contributed by atoms with Gasteiger partial charge in [-0.1, -0.05) is 0 Å². The fourth-order valence-electron chi connectivity index (χ4n) is 3.37. The highest BCUT2D eigenvalue weighted by Crippen LogP contribution is 2.22. The summed E-state index contributed by atoms with van der Waals surface area (Å²) in [5.41, 5.74) is 2.56. The first-order valence-corrected chi connectivity index (χ1v) is 9.64. The maximum atomic E-state index is 12.2. The molecule has 0 saturated carbocycles. The number of nitrogens with zero attached hydrogens (tertiary/aromatic N) is 3. The summed E-state index contributed by atoms with van der Waals surface area (Å²) in [6.45, 7) is 6.28. The van der Waals surface area contributed by atoms with Crippen LogP contribution in [-0.4, -0.2) is 33.7 Å². The van der Waals surface area contributed by atoms with Gasteiger partial charge in [-0.2, -0.15) is 5.10 Å². The van der Waals surface area contributed by atoms with Crippen molar-refractivity contribution in [3.8, 4) is 0 Å². The summed E-state index contributed by atoms with van der Waals surface area (Å²) < 4.78 is 7.23. The number of hydrogen-bond acceptors (Lipinski definition) is 5. The molecule has 3 aromatic heterocycles. The lowest BCUT2D eigenvalue weighted by molar-refractivity contribution is 0.0912. The van der Waals surface area contributed by atoms with Gasteiger partial charge in [-0.3, -0.25) is 14.4 Å². The minimum atomic E-state index is -0.166. The zero-order chi connectivity index (χ0) is 17.9. The number of carbonyl (C=O) groups is 1. The van der Waals surface area contributed by atoms with E-state index in [0.29, 0.717) is 12.3 Å². The van der Waals surface area contributed by atoms with Crippen molar-refractivity contribution >= 4 is 17.2 Å². The minimum Gasteiger partial charge on any atom is -0.459 e. The van der Waals surface area contributed by atoms with Crippen molar-refractivity contribution in [1.29, 1.82) is 0 Å². The van der Waals surface area contributed by atoms with Crippen molar-refractivity contribution in [2.75, 3.05) is 13.1 Å². The van der Waals surface area contributed by atoms with E-state index in [-0.39, 0.29) is 11.8 Å². The van der Waals surface area contributed by atoms with Gasteiger partial charge < -0.3 is 9.73 Å². The minimum absolute atomic E-state index is 0.166. The van der Waals surface area contributed by atoms with Crippen LogP contribution in [0.2, 0.25) is 0 Å². The van der Waals surface area contributed by atoms with Gasteiger partial charge in [0.15, 0.2) is 5.76 Å². The summed E-state index contributed by atoms with van der Waals surface area (Å²) in [5, 5.41) is 9.60. The Kier molecular flexibility index (Phi) is 4.90. The van der Waals surface area contributed by atoms with Gasteiger partial charge in [-0.25, -0.2) is 0 Å². The molecule has 0 aliphatic carbocycles. The van der Waals surface area contributed by atoms with E-state index < -0.39 is 0 Å². The van der Waals surface area contributed by atoms with Crippen LogP contribution in [0.3, 0.4) is 0 Å². The lowest BCUT2D eigenvalue weighted by Gasteiger charge is -2.23. The summed E-state index contributed by atoms with van der Waals surface area (Å²) in [5.74, 6) is 0.473. The Morgan fingerprint density at radius 1 is 1.38 bits per heavy atom. The number of aromatic nitrogens is 2. The molecule has 0 fully saturated rings. The summed E-state index contributed by atoms with van der Waals surface area (Å²) >= 11 is 1.80. The molecule has 1 aliphatic rings. The van der Waals surface area contributed by atoms with E-state index in [2.05, 4.69) is 44.4 Å². The maximum Gasteiger partial charge on any atom is 0.286 e. The predicted octanol–water partition coefficient (Wildman–Crippen LogP) is 2.91. The number of nitrogens with one attached hydrogen (secondary N) is 1. The Hall–Kier alpha value is -2.38. The molecule has 136 valence electrons. The molecule has 1 N–H and O–H groups in total. The van der Waals surface area contributed by atoms with Crippen LogP contribution in [0.15, 0.2) is 46.5 Å². The normalized spacial score (nSPS) is 17.7. The van der Waals surface area contributed by atoms with Crippen LogP contribution in [0.1, 0.15) is 26.7 Å². The van der Waals surface area contributed by atoms with E-state index in [0.717, 1.165) is 26.2 Å². The monoisotopic (exact) mass is 370 g/mol. The van der Waals surface area contributed by atoms with Crippen LogP contribution in [-0.2, 0) is 19.6 Å². The molecule has 6 nitrogen and oxygen atoms in total. The summed E-state index contributed by atoms with van der Waals surface area (Å²) in [7, 11) is 0. The third-order valence-electron chi connectivity index (χ3n) is 4.77. The average Bonchev–Trinajstić information content (AvgIpc) is 3.36. The van der Waals surface area contributed by atoms with Crippen molar-refractivity contribution < 1.29 is 9.21 Å². The van der Waals surface area contributed by atoms with Gasteiger partial charge in [0.1, 0.15) is 0 Å². The van der Waals surface area contributed by atoms with Crippen LogP contribution in [0.4, 0.5) is 0 Å². The highest BCUT2D eigenvalue weighted by Gasteiger charge is 2.24. The Morgan fingerprint density at radius 3 is 3.08 bits per heavy atom. The number of fused-ring (bicyclic) bond motifs is 1. The van der Waals surface area contributed by atoms with Crippen LogP contribution in [0.5, 0.6) is 0 Å². The number of thiophene rings is 1. The second-order valence-corrected chi connectivity index (χ2v) is 7.76. The highest BCUT2D eigenvalue weighted by molar-refractivity contribution is 7.10. The van der Waals surface area contributed by atoms with E-state index in [9.17, 15) is 4.79 Å². The molecule has 26 heavy (non-hydrogen) atoms. The van der Waals surface area contributed by atoms with Gasteiger partial charge in [-0.15, -0.1) is 11.3 Å². The van der Waals surface area contributed by atoms with Crippen molar-refractivity contribution in [2.45, 2.75) is 26.6 Å². The van der Waals surface area contributed by atoms with E-state index in [4.69, 9.17) is 4.42 Å². The topological polar surface area (TPSA) is 63.3 Å². The van der Waals surface area contributed by atoms with Crippen LogP contribution < -0.4 is 5.32 Å². The molecule has 3 aromatic rings. The summed E-state index contributed by atoms with van der Waals surface area (Å²) in [4.78, 5) is 16.0. The predicted molar refractivity (Wildman–Crippen MR) is 99.9 cm³/mol. The molecule has 1 aliphatic heterocycles. The molecule has 0 spiro atoms. The van der Waals surface area contributed by atoms with Crippen LogP contribution in [0, 0.1) is 12.8 Å². The van der Waals surface area contributed by atoms with Gasteiger partial charge in [0.25, 0.3) is 5.91 Å². The van der Waals surface area contributed by atoms with Gasteiger partial charge in [0.2, 0.25) is 0 Å². The molecule has 4 rings (SSSR count). The SMILES string of the molecule is Cc1ccsc1CN1Cc2ccnn2C[C@@H](CNC(=O)c2ccco2)C1. The smallest absolute Gasteiger partial charge is 0.286 e. The molecule has 7 heteroatoms. The lowest BCUT2D eigenvalue weighted by Crippen LogP contribution is -2.36. The summed E-state index contributed by atoms with van der Waals surface area (Å²) in [6, 6.07) is 7.66. The standard InChI is InChI=1S/C19H22N4O2S/c1-14-5-8-26-18(14)13-22-10-15(11-23-16(12-22)4-6-21-23)9-20-19(24)17-3-2-7-25-17/h2-8,15H,9-13H2,1H3,(H,20,24)/t15-/m0/s1. The highest BCUT2D eigenvalue weighted by atomic mass is 32.1. The van der Waals surface area contributed by atoms with Gasteiger partial charge in [0.05, 0.1) is 12.0 Å². The molecule has 0 saturated heterocycles. The number of carbonyl (C=O) groups excluding carboxylic acids is 1. The van der Waals surface area contributed by atoms with E-state index in [1.807, 2.05) is 6.20 Å². The lowest BCUT2D eigenvalue weighted by atomic mass is 10.1. The maximum absolute atomic E-state index is 12.2. The largest absolute Gasteiger partial charge is 0.459 e. The van der Waals surface area contributed by atoms with Crippen LogP contribution >= 0.6 is 11.3 Å². The quantitative estimate of drug-likeness (QED) is 0.750. The zero-order valence-electron chi connectivity index (χ0n) is 14.7. The molecular weight excluding hydrogens is 348 g/mol. The number of aryl methyl sites for hydroxylation is 1. The van der Waals surface area contributed by atoms with Gasteiger partial charge >= 0.3 is 0 Å². The number of furan rings is 1. The van der Waals surface area contributed by atoms with E-state index in [1.54, 1.807) is 23.5 Å². The molecule has 0 bridgehead atoms. The molecule has 0 aromatic carbocycles. The molecule has 0 unspecified atom stereocenters. The number of rotatable bonds is 5. The second kappa shape index (κ2) is 7.47. The summed E-state index contributed by atoms with van der Waals surface area (Å²) in [6.07, 6.45) is 3.37. The fraction of sp³-hybridized carbons (Fsp3) is 0.368. The third kappa shape index (κ3) is 3.73. The number of amides is 1. The third-order valence-corrected chi connectivity index (χ3v) is 5.78. The Bertz CT molecular complexity index is 868. The van der Waals surface area contributed by atoms with E-state index >= 15 is 0 Å². The van der Waals surface area contributed by atoms with Crippen molar-refractivity contribution in [1.82, 2.24) is 20.0 Å². The van der Waals surface area contributed by atoms with Crippen LogP contribution in [0.25, 0.3) is 0 Å². The Morgan fingerprint density at radius 2 is 2.31 bits per heavy atom. The first-order valence-electron chi connectivity index (χ1n) is 8.77. The second-order valence-electron chi connectivity index (χ2n) is 6.75. The zero-order valence-corrected chi connectivity index (χ0v) is 15.5. The Labute approximate surface area is 156 Å². The average molecular weight is 370 g/mol. The first kappa shape index (κ1) is 17.1. The number of hydrogen-bond donors (Lipinski definition) is 1.